The molecule has 2 heteroatoms. The summed E-state index contributed by atoms with van der Waals surface area (Å²) < 4.78 is 0. The number of hydrogen-bond donors (Lipinski definition) is 2. The summed E-state index contributed by atoms with van der Waals surface area (Å²) in [4.78, 5) is 0. The zero-order valence-corrected chi connectivity index (χ0v) is 6.56. The van der Waals surface area contributed by atoms with E-state index in [9.17, 15) is 0 Å². The fourth-order valence-electron chi connectivity index (χ4n) is 1.11. The predicted octanol–water partition coefficient (Wildman–Crippen LogP) is 0.862. The smallest absolute Gasteiger partial charge is 0.0298 e. The van der Waals surface area contributed by atoms with E-state index in [0.717, 1.165) is 13.1 Å². The molecule has 1 aliphatic rings. The third kappa shape index (κ3) is 2.40. The van der Waals surface area contributed by atoms with E-state index in [1.165, 1.54) is 12.8 Å². The molecule has 1 unspecified atom stereocenters. The maximum absolute atomic E-state index is 3.46. The normalized spacial score (nSPS) is 24.3. The van der Waals surface area contributed by atoms with Gasteiger partial charge in [0, 0.05) is 12.6 Å². The van der Waals surface area contributed by atoms with Gasteiger partial charge in [-0.1, -0.05) is 13.0 Å². The molecule has 0 bridgehead atoms. The van der Waals surface area contributed by atoms with E-state index in [4.69, 9.17) is 0 Å². The fourth-order valence-corrected chi connectivity index (χ4v) is 1.11. The summed E-state index contributed by atoms with van der Waals surface area (Å²) in [6.45, 7) is 4.41. The Kier molecular flexibility index (Phi) is 3.30. The average molecular weight is 140 g/mol. The van der Waals surface area contributed by atoms with Crippen molar-refractivity contribution in [2.45, 2.75) is 25.8 Å². The van der Waals surface area contributed by atoms with Crippen molar-refractivity contribution < 1.29 is 0 Å². The van der Waals surface area contributed by atoms with Crippen LogP contribution in [0.5, 0.6) is 0 Å². The van der Waals surface area contributed by atoms with Crippen molar-refractivity contribution in [3.63, 3.8) is 0 Å². The summed E-state index contributed by atoms with van der Waals surface area (Å²) in [5, 5.41) is 6.66. The van der Waals surface area contributed by atoms with Gasteiger partial charge in [0.15, 0.2) is 0 Å². The Bertz CT molecular complexity index is 110. The van der Waals surface area contributed by atoms with Crippen molar-refractivity contribution in [1.29, 1.82) is 0 Å². The summed E-state index contributed by atoms with van der Waals surface area (Å²) >= 11 is 0. The van der Waals surface area contributed by atoms with Gasteiger partial charge in [-0.05, 0) is 25.6 Å². The summed E-state index contributed by atoms with van der Waals surface area (Å²) in [5.41, 5.74) is 0. The van der Waals surface area contributed by atoms with Crippen LogP contribution < -0.4 is 10.6 Å². The first-order valence-electron chi connectivity index (χ1n) is 4.05. The van der Waals surface area contributed by atoms with Gasteiger partial charge in [0.25, 0.3) is 0 Å². The topological polar surface area (TPSA) is 24.1 Å². The Balaban J connectivity index is 2.10. The van der Waals surface area contributed by atoms with Gasteiger partial charge in [-0.3, -0.25) is 0 Å². The van der Waals surface area contributed by atoms with Crippen LogP contribution in [0.15, 0.2) is 12.3 Å². The lowest BCUT2D eigenvalue weighted by molar-refractivity contribution is 0.486. The molecular weight excluding hydrogens is 124 g/mol. The molecule has 0 fully saturated rings. The lowest BCUT2D eigenvalue weighted by Gasteiger charge is -2.19. The molecule has 2 nitrogen and oxygen atoms in total. The first-order valence-corrected chi connectivity index (χ1v) is 4.05. The van der Waals surface area contributed by atoms with E-state index >= 15 is 0 Å². The van der Waals surface area contributed by atoms with E-state index < -0.39 is 0 Å². The maximum atomic E-state index is 3.46. The molecule has 0 spiro atoms. The number of hydrogen-bond acceptors (Lipinski definition) is 2. The maximum Gasteiger partial charge on any atom is 0.0298 e. The minimum absolute atomic E-state index is 0.657. The Morgan fingerprint density at radius 2 is 2.60 bits per heavy atom. The lowest BCUT2D eigenvalue weighted by Crippen LogP contribution is -2.39. The third-order valence-electron chi connectivity index (χ3n) is 1.70. The molecule has 0 aromatic heterocycles. The number of nitrogens with one attached hydrogen (secondary N) is 2. The van der Waals surface area contributed by atoms with E-state index in [-0.39, 0.29) is 0 Å². The Hall–Kier alpha value is -0.500. The van der Waals surface area contributed by atoms with E-state index in [1.807, 2.05) is 6.20 Å². The van der Waals surface area contributed by atoms with Gasteiger partial charge in [-0.15, -0.1) is 0 Å². The zero-order chi connectivity index (χ0) is 7.23. The Morgan fingerprint density at radius 1 is 1.70 bits per heavy atom. The highest BCUT2D eigenvalue weighted by molar-refractivity contribution is 4.92. The second-order valence-electron chi connectivity index (χ2n) is 2.70. The van der Waals surface area contributed by atoms with Gasteiger partial charge < -0.3 is 10.6 Å². The van der Waals surface area contributed by atoms with Crippen LogP contribution in [-0.4, -0.2) is 19.1 Å². The molecule has 58 valence electrons. The minimum Gasteiger partial charge on any atom is -0.390 e. The van der Waals surface area contributed by atoms with Crippen molar-refractivity contribution in [2.75, 3.05) is 13.1 Å². The molecule has 0 aromatic carbocycles. The van der Waals surface area contributed by atoms with Gasteiger partial charge >= 0.3 is 0 Å². The first-order chi connectivity index (χ1) is 4.93. The van der Waals surface area contributed by atoms with Crippen LogP contribution >= 0.6 is 0 Å². The van der Waals surface area contributed by atoms with E-state index in [2.05, 4.69) is 23.6 Å². The Morgan fingerprint density at radius 3 is 3.20 bits per heavy atom. The van der Waals surface area contributed by atoms with Crippen LogP contribution in [-0.2, 0) is 0 Å². The molecular formula is C8H16N2. The molecule has 2 N–H and O–H groups in total. The molecule has 1 aliphatic heterocycles. The number of rotatable bonds is 3. The molecule has 1 rings (SSSR count). The first kappa shape index (κ1) is 7.61. The third-order valence-corrected chi connectivity index (χ3v) is 1.70. The molecule has 0 aromatic rings. The van der Waals surface area contributed by atoms with Crippen LogP contribution in [0.3, 0.4) is 0 Å². The second kappa shape index (κ2) is 4.34. The summed E-state index contributed by atoms with van der Waals surface area (Å²) in [6.07, 6.45) is 6.61. The fraction of sp³-hybridized carbons (Fsp3) is 0.750. The Labute approximate surface area is 62.7 Å². The standard InChI is InChI=1S/C8H16N2/c1-2-5-10-8-4-3-6-9-7-8/h3,6,8-10H,2,4-5,7H2,1H3. The van der Waals surface area contributed by atoms with Gasteiger partial charge in [-0.2, -0.15) is 0 Å². The SMILES string of the molecule is CCCNC1CC=CNC1. The minimum atomic E-state index is 0.657. The molecule has 0 saturated heterocycles. The largest absolute Gasteiger partial charge is 0.390 e. The van der Waals surface area contributed by atoms with Gasteiger partial charge in [0.05, 0.1) is 0 Å². The van der Waals surface area contributed by atoms with Gasteiger partial charge in [0.2, 0.25) is 0 Å². The average Bonchev–Trinajstić information content (AvgIpc) is 2.03. The highest BCUT2D eigenvalue weighted by Crippen LogP contribution is 1.96. The zero-order valence-electron chi connectivity index (χ0n) is 6.56. The van der Waals surface area contributed by atoms with Crippen molar-refractivity contribution in [1.82, 2.24) is 10.6 Å². The molecule has 1 heterocycles. The highest BCUT2D eigenvalue weighted by Gasteiger charge is 2.06. The molecule has 0 radical (unpaired) electrons. The van der Waals surface area contributed by atoms with Crippen LogP contribution in [0, 0.1) is 0 Å². The van der Waals surface area contributed by atoms with Crippen molar-refractivity contribution in [3.05, 3.63) is 12.3 Å². The van der Waals surface area contributed by atoms with Crippen LogP contribution in [0.2, 0.25) is 0 Å². The monoisotopic (exact) mass is 140 g/mol. The molecule has 10 heavy (non-hydrogen) atoms. The van der Waals surface area contributed by atoms with Crippen molar-refractivity contribution in [3.8, 4) is 0 Å². The van der Waals surface area contributed by atoms with Crippen LogP contribution in [0.1, 0.15) is 19.8 Å². The van der Waals surface area contributed by atoms with E-state index in [0.29, 0.717) is 6.04 Å². The summed E-state index contributed by atoms with van der Waals surface area (Å²) in [6, 6.07) is 0.657. The van der Waals surface area contributed by atoms with Crippen molar-refractivity contribution in [2.24, 2.45) is 0 Å². The highest BCUT2D eigenvalue weighted by atomic mass is 15.0. The molecule has 1 atom stereocenters. The molecule has 0 saturated carbocycles. The molecule has 0 aliphatic carbocycles. The van der Waals surface area contributed by atoms with E-state index in [1.54, 1.807) is 0 Å². The quantitative estimate of drug-likeness (QED) is 0.607. The summed E-state index contributed by atoms with van der Waals surface area (Å²) in [7, 11) is 0. The molecule has 0 amide bonds. The van der Waals surface area contributed by atoms with Gasteiger partial charge in [0.1, 0.15) is 0 Å². The van der Waals surface area contributed by atoms with Crippen LogP contribution in [0.4, 0.5) is 0 Å². The predicted molar refractivity (Wildman–Crippen MR) is 43.8 cm³/mol. The van der Waals surface area contributed by atoms with Crippen LogP contribution in [0.25, 0.3) is 0 Å². The second-order valence-corrected chi connectivity index (χ2v) is 2.70. The lowest BCUT2D eigenvalue weighted by atomic mass is 10.1. The summed E-state index contributed by atoms with van der Waals surface area (Å²) in [5.74, 6) is 0. The van der Waals surface area contributed by atoms with Crippen molar-refractivity contribution >= 4 is 0 Å². The van der Waals surface area contributed by atoms with Gasteiger partial charge in [-0.25, -0.2) is 0 Å².